The van der Waals surface area contributed by atoms with Crippen LogP contribution in [-0.2, 0) is 17.1 Å². The fourth-order valence-corrected chi connectivity index (χ4v) is 5.52. The van der Waals surface area contributed by atoms with Gasteiger partial charge in [-0.2, -0.15) is 9.40 Å². The van der Waals surface area contributed by atoms with Gasteiger partial charge >= 0.3 is 0 Å². The number of aromatic nitrogens is 3. The standard InChI is InChI=1S/C20H21FN4O2S/c1-14-3-9-17(10-4-14)28(26,27)25-18(15-5-7-16(21)8-6-15)11-12-19(25)20-22-13-24(2)23-20/h3-10,13,18-19H,11-12H2,1-2H3. The van der Waals surface area contributed by atoms with E-state index < -0.39 is 22.1 Å². The number of hydrogen-bond acceptors (Lipinski definition) is 4. The molecule has 1 aromatic heterocycles. The molecule has 2 unspecified atom stereocenters. The van der Waals surface area contributed by atoms with Gasteiger partial charge in [0.05, 0.1) is 17.0 Å². The van der Waals surface area contributed by atoms with E-state index in [4.69, 9.17) is 0 Å². The molecule has 0 saturated carbocycles. The summed E-state index contributed by atoms with van der Waals surface area (Å²) in [4.78, 5) is 4.53. The van der Waals surface area contributed by atoms with Crippen LogP contribution >= 0.6 is 0 Å². The molecule has 146 valence electrons. The third-order valence-electron chi connectivity index (χ3n) is 5.09. The average molecular weight is 400 g/mol. The van der Waals surface area contributed by atoms with Crippen molar-refractivity contribution in [1.29, 1.82) is 0 Å². The summed E-state index contributed by atoms with van der Waals surface area (Å²) in [6.07, 6.45) is 2.77. The summed E-state index contributed by atoms with van der Waals surface area (Å²) in [6, 6.07) is 11.9. The predicted octanol–water partition coefficient (Wildman–Crippen LogP) is 3.53. The Morgan fingerprint density at radius 3 is 2.25 bits per heavy atom. The lowest BCUT2D eigenvalue weighted by molar-refractivity contribution is 0.320. The maximum absolute atomic E-state index is 13.6. The molecule has 28 heavy (non-hydrogen) atoms. The smallest absolute Gasteiger partial charge is 0.244 e. The molecule has 0 N–H and O–H groups in total. The van der Waals surface area contributed by atoms with Crippen molar-refractivity contribution in [2.24, 2.45) is 7.05 Å². The van der Waals surface area contributed by atoms with Crippen molar-refractivity contribution in [3.8, 4) is 0 Å². The number of nitrogens with zero attached hydrogens (tertiary/aromatic N) is 4. The van der Waals surface area contributed by atoms with Gasteiger partial charge in [-0.3, -0.25) is 4.68 Å². The summed E-state index contributed by atoms with van der Waals surface area (Å²) in [5, 5.41) is 4.35. The van der Waals surface area contributed by atoms with E-state index in [9.17, 15) is 12.8 Å². The number of hydrogen-bond donors (Lipinski definition) is 0. The Balaban J connectivity index is 1.81. The van der Waals surface area contributed by atoms with Crippen LogP contribution in [0.25, 0.3) is 0 Å². The highest BCUT2D eigenvalue weighted by molar-refractivity contribution is 7.89. The van der Waals surface area contributed by atoms with Crippen LogP contribution in [0, 0.1) is 12.7 Å². The molecule has 0 radical (unpaired) electrons. The van der Waals surface area contributed by atoms with Crippen LogP contribution in [0.5, 0.6) is 0 Å². The predicted molar refractivity (Wildman–Crippen MR) is 102 cm³/mol. The van der Waals surface area contributed by atoms with Gasteiger partial charge in [0, 0.05) is 7.05 Å². The molecular formula is C20H21FN4O2S. The molecule has 6 nitrogen and oxygen atoms in total. The van der Waals surface area contributed by atoms with Gasteiger partial charge < -0.3 is 0 Å². The van der Waals surface area contributed by atoms with Gasteiger partial charge in [-0.25, -0.2) is 17.8 Å². The first-order chi connectivity index (χ1) is 13.4. The summed E-state index contributed by atoms with van der Waals surface area (Å²) in [6.45, 7) is 1.91. The third kappa shape index (κ3) is 3.33. The minimum atomic E-state index is -3.80. The highest BCUT2D eigenvalue weighted by Crippen LogP contribution is 2.46. The maximum atomic E-state index is 13.6. The number of rotatable bonds is 4. The van der Waals surface area contributed by atoms with Gasteiger partial charge in [-0.05, 0) is 49.6 Å². The first kappa shape index (κ1) is 18.8. The average Bonchev–Trinajstić information content (AvgIpc) is 3.29. The van der Waals surface area contributed by atoms with Gasteiger partial charge in [0.2, 0.25) is 10.0 Å². The van der Waals surface area contributed by atoms with Gasteiger partial charge in [0.25, 0.3) is 0 Å². The molecule has 0 bridgehead atoms. The fourth-order valence-electron chi connectivity index (χ4n) is 3.70. The van der Waals surface area contributed by atoms with E-state index in [-0.39, 0.29) is 10.7 Å². The highest BCUT2D eigenvalue weighted by Gasteiger charge is 2.45. The lowest BCUT2D eigenvalue weighted by Gasteiger charge is -2.28. The van der Waals surface area contributed by atoms with Crippen LogP contribution in [-0.4, -0.2) is 27.5 Å². The quantitative estimate of drug-likeness (QED) is 0.672. The third-order valence-corrected chi connectivity index (χ3v) is 7.03. The van der Waals surface area contributed by atoms with Crippen molar-refractivity contribution in [3.05, 3.63) is 77.6 Å². The molecule has 1 aliphatic rings. The van der Waals surface area contributed by atoms with Crippen LogP contribution < -0.4 is 0 Å². The largest absolute Gasteiger partial charge is 0.256 e. The Bertz CT molecular complexity index is 1080. The van der Waals surface area contributed by atoms with Crippen molar-refractivity contribution in [3.63, 3.8) is 0 Å². The monoisotopic (exact) mass is 400 g/mol. The molecule has 4 rings (SSSR count). The Morgan fingerprint density at radius 1 is 1.00 bits per heavy atom. The second kappa shape index (κ2) is 7.10. The van der Waals surface area contributed by atoms with E-state index in [1.54, 1.807) is 54.5 Å². The first-order valence-corrected chi connectivity index (χ1v) is 10.5. The SMILES string of the molecule is Cc1ccc(S(=O)(=O)N2C(c3ccc(F)cc3)CCC2c2ncn(C)n2)cc1. The van der Waals surface area contributed by atoms with Crippen molar-refractivity contribution < 1.29 is 12.8 Å². The number of sulfonamides is 1. The number of benzene rings is 2. The number of aryl methyl sites for hydroxylation is 2. The Hall–Kier alpha value is -2.58. The van der Waals surface area contributed by atoms with Crippen LogP contribution in [0.2, 0.25) is 0 Å². The summed E-state index contributed by atoms with van der Waals surface area (Å²) in [5.41, 5.74) is 1.74. The van der Waals surface area contributed by atoms with E-state index in [0.717, 1.165) is 11.1 Å². The zero-order valence-electron chi connectivity index (χ0n) is 15.7. The normalized spacial score (nSPS) is 20.5. The van der Waals surface area contributed by atoms with Crippen LogP contribution in [0.1, 0.15) is 41.9 Å². The summed E-state index contributed by atoms with van der Waals surface area (Å²) in [7, 11) is -2.05. The molecule has 0 aliphatic carbocycles. The molecule has 1 saturated heterocycles. The second-order valence-electron chi connectivity index (χ2n) is 7.08. The van der Waals surface area contributed by atoms with E-state index >= 15 is 0 Å². The van der Waals surface area contributed by atoms with Crippen molar-refractivity contribution in [1.82, 2.24) is 19.1 Å². The number of halogens is 1. The van der Waals surface area contributed by atoms with Crippen LogP contribution in [0.3, 0.4) is 0 Å². The molecule has 2 atom stereocenters. The molecular weight excluding hydrogens is 379 g/mol. The van der Waals surface area contributed by atoms with Crippen LogP contribution in [0.15, 0.2) is 59.8 Å². The topological polar surface area (TPSA) is 68.1 Å². The Kier molecular flexibility index (Phi) is 4.76. The lowest BCUT2D eigenvalue weighted by atomic mass is 10.1. The van der Waals surface area contributed by atoms with Gasteiger partial charge in [0.1, 0.15) is 12.1 Å². The Labute approximate surface area is 163 Å². The maximum Gasteiger partial charge on any atom is 0.244 e. The molecule has 0 amide bonds. The summed E-state index contributed by atoms with van der Waals surface area (Å²) < 4.78 is 43.6. The molecule has 3 aromatic rings. The van der Waals surface area contributed by atoms with E-state index in [1.807, 2.05) is 6.92 Å². The van der Waals surface area contributed by atoms with Crippen molar-refractivity contribution >= 4 is 10.0 Å². The molecule has 1 aliphatic heterocycles. The lowest BCUT2D eigenvalue weighted by Crippen LogP contribution is -2.33. The fraction of sp³-hybridized carbons (Fsp3) is 0.300. The van der Waals surface area contributed by atoms with Crippen LogP contribution in [0.4, 0.5) is 4.39 Å². The molecule has 1 fully saturated rings. The molecule has 2 aromatic carbocycles. The summed E-state index contributed by atoms with van der Waals surface area (Å²) in [5.74, 6) is 0.125. The van der Waals surface area contributed by atoms with E-state index in [1.165, 1.54) is 16.4 Å². The zero-order valence-corrected chi connectivity index (χ0v) is 16.5. The second-order valence-corrected chi connectivity index (χ2v) is 8.93. The Morgan fingerprint density at radius 2 is 1.64 bits per heavy atom. The van der Waals surface area contributed by atoms with E-state index in [0.29, 0.717) is 18.7 Å². The first-order valence-electron chi connectivity index (χ1n) is 9.07. The van der Waals surface area contributed by atoms with E-state index in [2.05, 4.69) is 10.1 Å². The van der Waals surface area contributed by atoms with Crippen molar-refractivity contribution in [2.45, 2.75) is 36.7 Å². The highest BCUT2D eigenvalue weighted by atomic mass is 32.2. The molecule has 2 heterocycles. The zero-order chi connectivity index (χ0) is 19.9. The van der Waals surface area contributed by atoms with Gasteiger partial charge in [-0.1, -0.05) is 29.8 Å². The van der Waals surface area contributed by atoms with Crippen molar-refractivity contribution in [2.75, 3.05) is 0 Å². The van der Waals surface area contributed by atoms with Gasteiger partial charge in [-0.15, -0.1) is 0 Å². The molecule has 8 heteroatoms. The minimum Gasteiger partial charge on any atom is -0.256 e. The summed E-state index contributed by atoms with van der Waals surface area (Å²) >= 11 is 0. The minimum absolute atomic E-state index is 0.230. The van der Waals surface area contributed by atoms with Gasteiger partial charge in [0.15, 0.2) is 5.82 Å². The molecule has 0 spiro atoms.